The second-order valence-corrected chi connectivity index (χ2v) is 10.1. The Morgan fingerprint density at radius 2 is 1.71 bits per heavy atom. The van der Waals surface area contributed by atoms with Gasteiger partial charge in [-0.1, -0.05) is 39.9 Å². The van der Waals surface area contributed by atoms with E-state index >= 15 is 0 Å². The summed E-state index contributed by atoms with van der Waals surface area (Å²) in [4.78, 5) is 12.7. The molecule has 3 aromatic rings. The Hall–Kier alpha value is -2.56. The van der Waals surface area contributed by atoms with Gasteiger partial charge in [0.2, 0.25) is 15.9 Å². The van der Waals surface area contributed by atoms with Gasteiger partial charge in [-0.3, -0.25) is 10.1 Å². The second kappa shape index (κ2) is 9.29. The molecule has 0 bridgehead atoms. The molecule has 1 amide bonds. The molecule has 1 aliphatic heterocycles. The highest BCUT2D eigenvalue weighted by Crippen LogP contribution is 2.24. The summed E-state index contributed by atoms with van der Waals surface area (Å²) >= 11 is 3.38. The highest BCUT2D eigenvalue weighted by Gasteiger charge is 2.25. The first kappa shape index (κ1) is 21.7. The molecule has 1 fully saturated rings. The minimum absolute atomic E-state index is 0.0405. The summed E-state index contributed by atoms with van der Waals surface area (Å²) in [6, 6.07) is 13.2. The summed E-state index contributed by atoms with van der Waals surface area (Å²) in [7, 11) is -3.56. The molecule has 1 saturated heterocycles. The average Bonchev–Trinajstić information content (AvgIpc) is 3.05. The fourth-order valence-corrected chi connectivity index (χ4v) is 5.31. The lowest BCUT2D eigenvalue weighted by Gasteiger charge is -2.19. The van der Waals surface area contributed by atoms with E-state index in [2.05, 4.69) is 31.4 Å². The van der Waals surface area contributed by atoms with E-state index in [-0.39, 0.29) is 22.4 Å². The van der Waals surface area contributed by atoms with Crippen LogP contribution in [0.1, 0.15) is 36.0 Å². The van der Waals surface area contributed by atoms with Gasteiger partial charge >= 0.3 is 6.01 Å². The molecule has 0 unspecified atom stereocenters. The molecule has 0 radical (unpaired) electrons. The lowest BCUT2D eigenvalue weighted by Crippen LogP contribution is -2.31. The van der Waals surface area contributed by atoms with Crippen molar-refractivity contribution >= 4 is 37.9 Å². The standard InChI is InChI=1S/C21H21BrN4O4S/c22-17-7-5-6-16(14-17)20-24-25-21(30-20)23-19(27)15-8-10-18(11-9-15)31(28,29)26-12-3-1-2-4-13-26/h5-11,14H,1-4,12-13H2,(H,23,25,27). The molecule has 8 nitrogen and oxygen atoms in total. The van der Waals surface area contributed by atoms with Gasteiger partial charge in [-0.15, -0.1) is 5.10 Å². The number of nitrogens with one attached hydrogen (secondary N) is 1. The lowest BCUT2D eigenvalue weighted by atomic mass is 10.2. The first-order chi connectivity index (χ1) is 14.9. The van der Waals surface area contributed by atoms with Crippen LogP contribution < -0.4 is 5.32 Å². The van der Waals surface area contributed by atoms with E-state index in [1.54, 1.807) is 0 Å². The molecule has 0 spiro atoms. The van der Waals surface area contributed by atoms with E-state index in [1.807, 2.05) is 24.3 Å². The molecule has 0 atom stereocenters. The van der Waals surface area contributed by atoms with Gasteiger partial charge in [0.05, 0.1) is 4.90 Å². The van der Waals surface area contributed by atoms with E-state index in [1.165, 1.54) is 28.6 Å². The number of hydrogen-bond acceptors (Lipinski definition) is 6. The van der Waals surface area contributed by atoms with Gasteiger partial charge in [0.1, 0.15) is 0 Å². The van der Waals surface area contributed by atoms with Gasteiger partial charge < -0.3 is 4.42 Å². The quantitative estimate of drug-likeness (QED) is 0.554. The molecule has 1 aliphatic rings. The molecule has 10 heteroatoms. The molecule has 1 N–H and O–H groups in total. The lowest BCUT2D eigenvalue weighted by molar-refractivity contribution is 0.102. The van der Waals surface area contributed by atoms with Gasteiger partial charge in [0.25, 0.3) is 5.91 Å². The van der Waals surface area contributed by atoms with Crippen molar-refractivity contribution in [2.45, 2.75) is 30.6 Å². The first-order valence-corrected chi connectivity index (χ1v) is 12.2. The predicted octanol–water partition coefficient (Wildman–Crippen LogP) is 4.32. The van der Waals surface area contributed by atoms with E-state index in [9.17, 15) is 13.2 Å². The summed E-state index contributed by atoms with van der Waals surface area (Å²) < 4.78 is 33.6. The molecular weight excluding hydrogens is 484 g/mol. The van der Waals surface area contributed by atoms with Crippen molar-refractivity contribution < 1.29 is 17.6 Å². The smallest absolute Gasteiger partial charge is 0.322 e. The van der Waals surface area contributed by atoms with E-state index in [0.29, 0.717) is 18.7 Å². The van der Waals surface area contributed by atoms with Crippen LogP contribution in [0.25, 0.3) is 11.5 Å². The van der Waals surface area contributed by atoms with Crippen LogP contribution >= 0.6 is 15.9 Å². The van der Waals surface area contributed by atoms with Crippen LogP contribution in [0, 0.1) is 0 Å². The minimum atomic E-state index is -3.56. The molecule has 0 saturated carbocycles. The number of carbonyl (C=O) groups excluding carboxylic acids is 1. The normalized spacial score (nSPS) is 15.4. The van der Waals surface area contributed by atoms with Crippen LogP contribution in [0.2, 0.25) is 0 Å². The maximum Gasteiger partial charge on any atom is 0.322 e. The zero-order valence-corrected chi connectivity index (χ0v) is 19.0. The van der Waals surface area contributed by atoms with Crippen LogP contribution in [-0.4, -0.2) is 41.9 Å². The number of hydrogen-bond donors (Lipinski definition) is 1. The van der Waals surface area contributed by atoms with Crippen LogP contribution in [0.3, 0.4) is 0 Å². The largest absolute Gasteiger partial charge is 0.403 e. The maximum atomic E-state index is 12.9. The van der Waals surface area contributed by atoms with Crippen molar-refractivity contribution in [3.63, 3.8) is 0 Å². The Kier molecular flexibility index (Phi) is 6.49. The van der Waals surface area contributed by atoms with Crippen molar-refractivity contribution in [2.24, 2.45) is 0 Å². The molecule has 0 aliphatic carbocycles. The zero-order chi connectivity index (χ0) is 21.8. The fraction of sp³-hybridized carbons (Fsp3) is 0.286. The number of carbonyl (C=O) groups is 1. The third-order valence-corrected chi connectivity index (χ3v) is 7.44. The monoisotopic (exact) mass is 504 g/mol. The second-order valence-electron chi connectivity index (χ2n) is 7.22. The predicted molar refractivity (Wildman–Crippen MR) is 119 cm³/mol. The van der Waals surface area contributed by atoms with Crippen LogP contribution in [0.15, 0.2) is 62.3 Å². The number of aromatic nitrogens is 2. The number of nitrogens with zero attached hydrogens (tertiary/aromatic N) is 3. The third kappa shape index (κ3) is 5.03. The summed E-state index contributed by atoms with van der Waals surface area (Å²) in [5, 5.41) is 10.3. The van der Waals surface area contributed by atoms with E-state index in [4.69, 9.17) is 4.42 Å². The van der Waals surface area contributed by atoms with Gasteiger partial charge in [-0.05, 0) is 55.3 Å². The highest BCUT2D eigenvalue weighted by atomic mass is 79.9. The van der Waals surface area contributed by atoms with Crippen LogP contribution in [0.5, 0.6) is 0 Å². The fourth-order valence-electron chi connectivity index (χ4n) is 3.39. The summed E-state index contributed by atoms with van der Waals surface area (Å²) in [6.07, 6.45) is 3.83. The van der Waals surface area contributed by atoms with Crippen molar-refractivity contribution in [3.8, 4) is 11.5 Å². The van der Waals surface area contributed by atoms with Crippen molar-refractivity contribution in [1.29, 1.82) is 0 Å². The van der Waals surface area contributed by atoms with Gasteiger partial charge in [-0.25, -0.2) is 8.42 Å². The number of benzene rings is 2. The van der Waals surface area contributed by atoms with E-state index in [0.717, 1.165) is 30.2 Å². The molecule has 2 heterocycles. The van der Waals surface area contributed by atoms with Crippen LogP contribution in [-0.2, 0) is 10.0 Å². The number of anilines is 1. The number of sulfonamides is 1. The number of halogens is 1. The van der Waals surface area contributed by atoms with Gasteiger partial charge in [0.15, 0.2) is 0 Å². The Labute approximate surface area is 188 Å². The van der Waals surface area contributed by atoms with Gasteiger partial charge in [-0.2, -0.15) is 4.31 Å². The summed E-state index contributed by atoms with van der Waals surface area (Å²) in [6.45, 7) is 1.06. The minimum Gasteiger partial charge on any atom is -0.403 e. The van der Waals surface area contributed by atoms with Gasteiger partial charge in [0, 0.05) is 28.7 Å². The Balaban J connectivity index is 1.45. The highest BCUT2D eigenvalue weighted by molar-refractivity contribution is 9.10. The molecular formula is C21H21BrN4O4S. The average molecular weight is 505 g/mol. The molecule has 2 aromatic carbocycles. The number of amides is 1. The van der Waals surface area contributed by atoms with E-state index < -0.39 is 15.9 Å². The Morgan fingerprint density at radius 1 is 1.00 bits per heavy atom. The SMILES string of the molecule is O=C(Nc1nnc(-c2cccc(Br)c2)o1)c1ccc(S(=O)(=O)N2CCCCCC2)cc1. The van der Waals surface area contributed by atoms with Crippen molar-refractivity contribution in [1.82, 2.24) is 14.5 Å². The zero-order valence-electron chi connectivity index (χ0n) is 16.6. The Bertz CT molecular complexity index is 1170. The molecule has 4 rings (SSSR count). The molecule has 31 heavy (non-hydrogen) atoms. The first-order valence-electron chi connectivity index (χ1n) is 9.94. The Morgan fingerprint density at radius 3 is 2.39 bits per heavy atom. The third-order valence-electron chi connectivity index (χ3n) is 5.04. The molecule has 162 valence electrons. The molecule has 1 aromatic heterocycles. The van der Waals surface area contributed by atoms with Crippen molar-refractivity contribution in [3.05, 3.63) is 58.6 Å². The van der Waals surface area contributed by atoms with Crippen LogP contribution in [0.4, 0.5) is 6.01 Å². The summed E-state index contributed by atoms with van der Waals surface area (Å²) in [5.41, 5.74) is 1.00. The maximum absolute atomic E-state index is 12.9. The topological polar surface area (TPSA) is 105 Å². The number of rotatable bonds is 5. The summed E-state index contributed by atoms with van der Waals surface area (Å²) in [5.74, 6) is -0.196. The van der Waals surface area contributed by atoms with Crippen molar-refractivity contribution in [2.75, 3.05) is 18.4 Å².